The molecule has 0 atom stereocenters. The van der Waals surface area contributed by atoms with Crippen LogP contribution in [0, 0.1) is 0 Å². The van der Waals surface area contributed by atoms with Gasteiger partial charge in [0.15, 0.2) is 5.78 Å². The molecule has 2 aromatic carbocycles. The van der Waals surface area contributed by atoms with E-state index in [1.54, 1.807) is 18.2 Å². The zero-order chi connectivity index (χ0) is 14.2. The molecule has 98 valence electrons. The minimum absolute atomic E-state index is 0.203. The highest BCUT2D eigenvalue weighted by atomic mass is 79.9. The maximum Gasteiger partial charge on any atom is 0.197 e. The molecule has 0 aliphatic rings. The van der Waals surface area contributed by atoms with Gasteiger partial charge in [0.1, 0.15) is 0 Å². The van der Waals surface area contributed by atoms with Gasteiger partial charge in [0, 0.05) is 20.1 Å². The van der Waals surface area contributed by atoms with Crippen molar-refractivity contribution in [3.05, 3.63) is 66.0 Å². The van der Waals surface area contributed by atoms with Crippen LogP contribution in [-0.2, 0) is 0 Å². The summed E-state index contributed by atoms with van der Waals surface area (Å²) in [5, 5.41) is 1.23. The number of carbonyl (C=O) groups excluding carboxylic acids is 1. The van der Waals surface area contributed by atoms with Gasteiger partial charge < -0.3 is 0 Å². The van der Waals surface area contributed by atoms with Crippen molar-refractivity contribution in [3.63, 3.8) is 0 Å². The topological polar surface area (TPSA) is 17.1 Å². The number of ketones is 1. The van der Waals surface area contributed by atoms with E-state index in [0.29, 0.717) is 20.1 Å². The number of hydrogen-bond acceptors (Lipinski definition) is 1. The molecule has 0 saturated carbocycles. The molecule has 6 heteroatoms. The summed E-state index contributed by atoms with van der Waals surface area (Å²) in [6, 6.07) is 7.86. The highest BCUT2D eigenvalue weighted by Crippen LogP contribution is 2.33. The molecule has 0 aliphatic carbocycles. The molecule has 0 spiro atoms. The van der Waals surface area contributed by atoms with E-state index in [9.17, 15) is 4.79 Å². The first kappa shape index (κ1) is 15.1. The van der Waals surface area contributed by atoms with Gasteiger partial charge in [-0.3, -0.25) is 4.79 Å². The molecule has 0 aromatic heterocycles. The zero-order valence-corrected chi connectivity index (χ0v) is 13.8. The Hall–Kier alpha value is -0.250. The van der Waals surface area contributed by atoms with Crippen LogP contribution in [0.15, 0.2) is 34.8 Å². The van der Waals surface area contributed by atoms with Crippen LogP contribution in [0.2, 0.25) is 20.1 Å². The van der Waals surface area contributed by atoms with Gasteiger partial charge in [-0.2, -0.15) is 0 Å². The summed E-state index contributed by atoms with van der Waals surface area (Å²) in [6.45, 7) is 0. The van der Waals surface area contributed by atoms with Crippen LogP contribution in [0.3, 0.4) is 0 Å². The summed E-state index contributed by atoms with van der Waals surface area (Å²) >= 11 is 27.1. The summed E-state index contributed by atoms with van der Waals surface area (Å²) in [6.07, 6.45) is 0. The Kier molecular flexibility index (Phi) is 4.80. The van der Waals surface area contributed by atoms with Crippen molar-refractivity contribution in [3.8, 4) is 0 Å². The highest BCUT2D eigenvalue weighted by Gasteiger charge is 2.20. The number of carbonyl (C=O) groups is 1. The van der Waals surface area contributed by atoms with E-state index in [0.717, 1.165) is 0 Å². The van der Waals surface area contributed by atoms with E-state index in [1.807, 2.05) is 0 Å². The lowest BCUT2D eigenvalue weighted by Gasteiger charge is -2.09. The minimum Gasteiger partial charge on any atom is -0.288 e. The van der Waals surface area contributed by atoms with Gasteiger partial charge in [-0.15, -0.1) is 0 Å². The monoisotopic (exact) mass is 396 g/mol. The molecule has 0 radical (unpaired) electrons. The molecule has 2 rings (SSSR count). The molecular formula is C13H5BrCl4O. The molecule has 19 heavy (non-hydrogen) atoms. The highest BCUT2D eigenvalue weighted by molar-refractivity contribution is 9.10. The van der Waals surface area contributed by atoms with Crippen LogP contribution in [0.5, 0.6) is 0 Å². The van der Waals surface area contributed by atoms with Crippen LogP contribution in [0.1, 0.15) is 15.9 Å². The average molecular weight is 399 g/mol. The van der Waals surface area contributed by atoms with E-state index in [4.69, 9.17) is 46.4 Å². The van der Waals surface area contributed by atoms with Gasteiger partial charge in [-0.25, -0.2) is 0 Å². The maximum atomic E-state index is 12.5. The minimum atomic E-state index is -0.318. The van der Waals surface area contributed by atoms with E-state index in [-0.39, 0.29) is 21.4 Å². The van der Waals surface area contributed by atoms with Gasteiger partial charge in [-0.1, -0.05) is 62.3 Å². The fraction of sp³-hybridized carbons (Fsp3) is 0. The second kappa shape index (κ2) is 6.02. The molecule has 0 unspecified atom stereocenters. The first-order valence-electron chi connectivity index (χ1n) is 5.04. The molecule has 0 bridgehead atoms. The SMILES string of the molecule is O=C(c1cc(Cl)ccc1Br)c1c(Cl)cc(Cl)cc1Cl. The largest absolute Gasteiger partial charge is 0.288 e. The molecule has 0 aliphatic heterocycles. The fourth-order valence-electron chi connectivity index (χ4n) is 1.57. The van der Waals surface area contributed by atoms with E-state index in [1.165, 1.54) is 12.1 Å². The lowest BCUT2D eigenvalue weighted by atomic mass is 10.0. The molecule has 1 nitrogen and oxygen atoms in total. The average Bonchev–Trinajstić information content (AvgIpc) is 2.30. The van der Waals surface area contributed by atoms with Crippen LogP contribution < -0.4 is 0 Å². The second-order valence-electron chi connectivity index (χ2n) is 3.70. The molecule has 0 N–H and O–H groups in total. The van der Waals surface area contributed by atoms with E-state index >= 15 is 0 Å². The van der Waals surface area contributed by atoms with Crippen molar-refractivity contribution in [2.24, 2.45) is 0 Å². The second-order valence-corrected chi connectivity index (χ2v) is 6.24. The molecule has 0 fully saturated rings. The Labute approximate surface area is 138 Å². The third kappa shape index (κ3) is 3.26. The Bertz CT molecular complexity index is 647. The lowest BCUT2D eigenvalue weighted by molar-refractivity contribution is 0.103. The van der Waals surface area contributed by atoms with Crippen molar-refractivity contribution >= 4 is 68.1 Å². The van der Waals surface area contributed by atoms with Gasteiger partial charge in [0.2, 0.25) is 0 Å². The van der Waals surface area contributed by atoms with Crippen LogP contribution in [0.4, 0.5) is 0 Å². The van der Waals surface area contributed by atoms with Gasteiger partial charge in [0.05, 0.1) is 15.6 Å². The smallest absolute Gasteiger partial charge is 0.197 e. The first-order valence-corrected chi connectivity index (χ1v) is 7.35. The van der Waals surface area contributed by atoms with Gasteiger partial charge in [-0.05, 0) is 30.3 Å². The molecule has 0 heterocycles. The molecule has 0 amide bonds. The molecular weight excluding hydrogens is 394 g/mol. The molecule has 0 saturated heterocycles. The number of hydrogen-bond donors (Lipinski definition) is 0. The Morgan fingerprint density at radius 2 is 1.47 bits per heavy atom. The number of halogens is 5. The summed E-state index contributed by atoms with van der Waals surface area (Å²) in [5.41, 5.74) is 0.592. The Morgan fingerprint density at radius 3 is 2.05 bits per heavy atom. The van der Waals surface area contributed by atoms with E-state index in [2.05, 4.69) is 15.9 Å². The Balaban J connectivity index is 2.59. The van der Waals surface area contributed by atoms with Crippen molar-refractivity contribution in [1.29, 1.82) is 0 Å². The van der Waals surface area contributed by atoms with Crippen molar-refractivity contribution in [2.45, 2.75) is 0 Å². The normalized spacial score (nSPS) is 10.6. The van der Waals surface area contributed by atoms with Gasteiger partial charge in [0.25, 0.3) is 0 Å². The summed E-state index contributed by atoms with van der Waals surface area (Å²) in [4.78, 5) is 12.5. The zero-order valence-electron chi connectivity index (χ0n) is 9.18. The third-order valence-corrected chi connectivity index (χ3v) is 4.15. The first-order chi connectivity index (χ1) is 8.90. The number of benzene rings is 2. The van der Waals surface area contributed by atoms with Gasteiger partial charge >= 0.3 is 0 Å². The van der Waals surface area contributed by atoms with E-state index < -0.39 is 0 Å². The van der Waals surface area contributed by atoms with Crippen molar-refractivity contribution in [2.75, 3.05) is 0 Å². The van der Waals surface area contributed by atoms with Crippen LogP contribution in [0.25, 0.3) is 0 Å². The van der Waals surface area contributed by atoms with Crippen LogP contribution in [-0.4, -0.2) is 5.78 Å². The summed E-state index contributed by atoms with van der Waals surface area (Å²) < 4.78 is 0.615. The Morgan fingerprint density at radius 1 is 0.895 bits per heavy atom. The third-order valence-electron chi connectivity index (χ3n) is 2.41. The summed E-state index contributed by atoms with van der Waals surface area (Å²) in [7, 11) is 0. The van der Waals surface area contributed by atoms with Crippen molar-refractivity contribution < 1.29 is 4.79 Å². The number of rotatable bonds is 2. The lowest BCUT2D eigenvalue weighted by Crippen LogP contribution is -2.04. The predicted molar refractivity (Wildman–Crippen MR) is 84.1 cm³/mol. The van der Waals surface area contributed by atoms with Crippen molar-refractivity contribution in [1.82, 2.24) is 0 Å². The summed E-state index contributed by atoms with van der Waals surface area (Å²) in [5.74, 6) is -0.318. The van der Waals surface area contributed by atoms with Crippen LogP contribution >= 0.6 is 62.3 Å². The fourth-order valence-corrected chi connectivity index (χ4v) is 3.15. The predicted octanol–water partition coefficient (Wildman–Crippen LogP) is 6.29. The quantitative estimate of drug-likeness (QED) is 0.543. The molecule has 2 aromatic rings. The standard InChI is InChI=1S/C13H5BrCl4O/c14-9-2-1-6(15)3-8(9)13(19)12-10(17)4-7(16)5-11(12)18/h1-5H. The maximum absolute atomic E-state index is 12.5.